The second kappa shape index (κ2) is 3.07. The topological polar surface area (TPSA) is 64.9 Å². The number of hydrogen-bond acceptors (Lipinski definition) is 4. The lowest BCUT2D eigenvalue weighted by Gasteiger charge is -2.10. The maximum Gasteiger partial charge on any atom is 0.312 e. The van der Waals surface area contributed by atoms with E-state index >= 15 is 0 Å². The zero-order chi connectivity index (χ0) is 11.2. The molecule has 1 aliphatic carbocycles. The van der Waals surface area contributed by atoms with Crippen LogP contribution in [0.3, 0.4) is 0 Å². The van der Waals surface area contributed by atoms with Gasteiger partial charge in [-0.2, -0.15) is 0 Å². The first kappa shape index (κ1) is 9.39. The zero-order valence-electron chi connectivity index (χ0n) is 9.10. The monoisotopic (exact) mass is 215 g/mol. The third-order valence-corrected chi connectivity index (χ3v) is 3.20. The third kappa shape index (κ3) is 1.30. The molecule has 0 aliphatic heterocycles. The Labute approximate surface area is 93.5 Å². The average molecular weight is 215 g/mol. The van der Waals surface area contributed by atoms with Gasteiger partial charge in [-0.3, -0.25) is 0 Å². The molecule has 0 bridgehead atoms. The van der Waals surface area contributed by atoms with Gasteiger partial charge in [0.1, 0.15) is 0 Å². The van der Waals surface area contributed by atoms with E-state index in [-0.39, 0.29) is 11.4 Å². The van der Waals surface area contributed by atoms with Gasteiger partial charge in [0.15, 0.2) is 0 Å². The Balaban J connectivity index is 2.03. The standard InChI is InChI=1S/C12H13N3O/c1-8-2-4-9(5-3-8)12(6-7-12)10-14-15-11(13)16-10/h2-5H,6-7H2,1H3,(H2,13,15). The van der Waals surface area contributed by atoms with Crippen molar-refractivity contribution in [2.75, 3.05) is 5.73 Å². The van der Waals surface area contributed by atoms with Gasteiger partial charge in [0.2, 0.25) is 5.89 Å². The van der Waals surface area contributed by atoms with Gasteiger partial charge in [0, 0.05) is 0 Å². The van der Waals surface area contributed by atoms with Crippen LogP contribution in [0.1, 0.15) is 29.9 Å². The van der Waals surface area contributed by atoms with Gasteiger partial charge in [-0.1, -0.05) is 34.9 Å². The molecule has 16 heavy (non-hydrogen) atoms. The van der Waals surface area contributed by atoms with Gasteiger partial charge in [0.05, 0.1) is 5.41 Å². The summed E-state index contributed by atoms with van der Waals surface area (Å²) in [6, 6.07) is 8.61. The fourth-order valence-corrected chi connectivity index (χ4v) is 2.05. The first-order valence-electron chi connectivity index (χ1n) is 5.37. The maximum atomic E-state index is 5.46. The highest BCUT2D eigenvalue weighted by molar-refractivity contribution is 5.39. The van der Waals surface area contributed by atoms with E-state index in [2.05, 4.69) is 41.4 Å². The molecule has 1 saturated carbocycles. The lowest BCUT2D eigenvalue weighted by Crippen LogP contribution is -2.09. The minimum Gasteiger partial charge on any atom is -0.407 e. The molecule has 1 aromatic heterocycles. The number of hydrogen-bond donors (Lipinski definition) is 1. The summed E-state index contributed by atoms with van der Waals surface area (Å²) in [4.78, 5) is 0. The van der Waals surface area contributed by atoms with Gasteiger partial charge < -0.3 is 10.2 Å². The molecule has 4 nitrogen and oxygen atoms in total. The molecule has 0 unspecified atom stereocenters. The maximum absolute atomic E-state index is 5.46. The van der Waals surface area contributed by atoms with Crippen LogP contribution in [-0.4, -0.2) is 10.2 Å². The van der Waals surface area contributed by atoms with E-state index < -0.39 is 0 Å². The molecule has 2 N–H and O–H groups in total. The molecule has 1 aliphatic rings. The zero-order valence-corrected chi connectivity index (χ0v) is 9.10. The van der Waals surface area contributed by atoms with Crippen LogP contribution in [0.25, 0.3) is 0 Å². The molecule has 1 heterocycles. The van der Waals surface area contributed by atoms with Crippen LogP contribution in [0, 0.1) is 6.92 Å². The molecule has 4 heteroatoms. The molecule has 3 rings (SSSR count). The van der Waals surface area contributed by atoms with Crippen molar-refractivity contribution in [1.82, 2.24) is 10.2 Å². The molecule has 1 fully saturated rings. The highest BCUT2D eigenvalue weighted by Gasteiger charge is 2.50. The van der Waals surface area contributed by atoms with Crippen LogP contribution in [0.15, 0.2) is 28.7 Å². The summed E-state index contributed by atoms with van der Waals surface area (Å²) in [6.07, 6.45) is 2.11. The molecule has 0 radical (unpaired) electrons. The smallest absolute Gasteiger partial charge is 0.312 e. The average Bonchev–Trinajstić information content (AvgIpc) is 2.97. The van der Waals surface area contributed by atoms with Crippen molar-refractivity contribution in [3.63, 3.8) is 0 Å². The second-order valence-electron chi connectivity index (χ2n) is 4.39. The van der Waals surface area contributed by atoms with Crippen LogP contribution in [0.2, 0.25) is 0 Å². The van der Waals surface area contributed by atoms with Crippen molar-refractivity contribution >= 4 is 6.01 Å². The van der Waals surface area contributed by atoms with Crippen LogP contribution < -0.4 is 5.73 Å². The van der Waals surface area contributed by atoms with Gasteiger partial charge in [-0.05, 0) is 25.3 Å². The third-order valence-electron chi connectivity index (χ3n) is 3.20. The Hall–Kier alpha value is -1.84. The number of aryl methyl sites for hydroxylation is 1. The molecule has 0 saturated heterocycles. The summed E-state index contributed by atoms with van der Waals surface area (Å²) in [5.74, 6) is 0.647. The molecule has 0 spiro atoms. The van der Waals surface area contributed by atoms with Gasteiger partial charge in [-0.15, -0.1) is 5.10 Å². The number of nitrogen functional groups attached to an aromatic ring is 1. The Morgan fingerprint density at radius 1 is 1.19 bits per heavy atom. The second-order valence-corrected chi connectivity index (χ2v) is 4.39. The lowest BCUT2D eigenvalue weighted by atomic mass is 9.95. The van der Waals surface area contributed by atoms with Crippen molar-refractivity contribution in [2.45, 2.75) is 25.2 Å². The Morgan fingerprint density at radius 3 is 2.38 bits per heavy atom. The van der Waals surface area contributed by atoms with Crippen molar-refractivity contribution < 1.29 is 4.42 Å². The number of anilines is 1. The summed E-state index contributed by atoms with van der Waals surface area (Å²) >= 11 is 0. The highest BCUT2D eigenvalue weighted by atomic mass is 16.4. The fourth-order valence-electron chi connectivity index (χ4n) is 2.05. The summed E-state index contributed by atoms with van der Waals surface area (Å²) < 4.78 is 5.35. The van der Waals surface area contributed by atoms with E-state index in [0.717, 1.165) is 12.8 Å². The van der Waals surface area contributed by atoms with Crippen LogP contribution in [0.5, 0.6) is 0 Å². The van der Waals surface area contributed by atoms with E-state index in [1.54, 1.807) is 0 Å². The van der Waals surface area contributed by atoms with Crippen molar-refractivity contribution in [3.05, 3.63) is 41.3 Å². The van der Waals surface area contributed by atoms with Crippen LogP contribution in [0.4, 0.5) is 6.01 Å². The molecular formula is C12H13N3O. The number of rotatable bonds is 2. The molecule has 0 atom stereocenters. The predicted octanol–water partition coefficient (Wildman–Crippen LogP) is 2.04. The van der Waals surface area contributed by atoms with E-state index in [4.69, 9.17) is 10.2 Å². The fraction of sp³-hybridized carbons (Fsp3) is 0.333. The van der Waals surface area contributed by atoms with Crippen LogP contribution >= 0.6 is 0 Å². The Kier molecular flexibility index (Phi) is 1.80. The predicted molar refractivity (Wildman–Crippen MR) is 59.9 cm³/mol. The van der Waals surface area contributed by atoms with Gasteiger partial charge in [0.25, 0.3) is 0 Å². The SMILES string of the molecule is Cc1ccc(C2(c3nnc(N)o3)CC2)cc1. The Bertz CT molecular complexity index is 511. The molecule has 2 aromatic rings. The van der Waals surface area contributed by atoms with E-state index in [9.17, 15) is 0 Å². The number of nitrogens with zero attached hydrogens (tertiary/aromatic N) is 2. The quantitative estimate of drug-likeness (QED) is 0.832. The highest BCUT2D eigenvalue weighted by Crippen LogP contribution is 2.52. The van der Waals surface area contributed by atoms with Gasteiger partial charge >= 0.3 is 6.01 Å². The molecule has 0 amide bonds. The number of nitrogens with two attached hydrogens (primary N) is 1. The summed E-state index contributed by atoms with van der Waals surface area (Å²) in [5.41, 5.74) is 7.89. The summed E-state index contributed by atoms with van der Waals surface area (Å²) in [5, 5.41) is 7.73. The van der Waals surface area contributed by atoms with Crippen molar-refractivity contribution in [3.8, 4) is 0 Å². The van der Waals surface area contributed by atoms with Crippen LogP contribution in [-0.2, 0) is 5.41 Å². The largest absolute Gasteiger partial charge is 0.407 e. The Morgan fingerprint density at radius 2 is 1.88 bits per heavy atom. The summed E-state index contributed by atoms with van der Waals surface area (Å²) in [6.45, 7) is 2.08. The first-order chi connectivity index (χ1) is 7.71. The minimum absolute atomic E-state index is 0.0711. The number of aromatic nitrogens is 2. The van der Waals surface area contributed by atoms with Gasteiger partial charge in [-0.25, -0.2) is 0 Å². The molecular weight excluding hydrogens is 202 g/mol. The van der Waals surface area contributed by atoms with Crippen molar-refractivity contribution in [1.29, 1.82) is 0 Å². The molecule has 82 valence electrons. The van der Waals surface area contributed by atoms with E-state index in [1.807, 2.05) is 0 Å². The van der Waals surface area contributed by atoms with E-state index in [0.29, 0.717) is 5.89 Å². The lowest BCUT2D eigenvalue weighted by molar-refractivity contribution is 0.475. The van der Waals surface area contributed by atoms with E-state index in [1.165, 1.54) is 11.1 Å². The normalized spacial score (nSPS) is 17.3. The number of benzene rings is 1. The summed E-state index contributed by atoms with van der Waals surface area (Å²) in [7, 11) is 0. The minimum atomic E-state index is -0.0711. The first-order valence-corrected chi connectivity index (χ1v) is 5.37. The molecule has 1 aromatic carbocycles. The van der Waals surface area contributed by atoms with Crippen molar-refractivity contribution in [2.24, 2.45) is 0 Å².